The van der Waals surface area contributed by atoms with E-state index in [0.29, 0.717) is 51.1 Å². The van der Waals surface area contributed by atoms with Crippen molar-refractivity contribution in [3.63, 3.8) is 0 Å². The van der Waals surface area contributed by atoms with Crippen LogP contribution in [0.15, 0.2) is 59.5 Å². The number of ether oxygens (including phenoxy) is 2. The van der Waals surface area contributed by atoms with Gasteiger partial charge in [0.2, 0.25) is 10.0 Å². The number of carbonyl (C=O) groups is 1. The van der Waals surface area contributed by atoms with Gasteiger partial charge in [-0.1, -0.05) is 37.3 Å². The van der Waals surface area contributed by atoms with Crippen molar-refractivity contribution >= 4 is 21.8 Å². The number of sulfonamides is 1. The van der Waals surface area contributed by atoms with Crippen molar-refractivity contribution in [1.29, 1.82) is 0 Å². The van der Waals surface area contributed by atoms with E-state index in [2.05, 4.69) is 5.32 Å². The minimum Gasteiger partial charge on any atom is -0.444 e. The number of carbonyl (C=O) groups excluding carboxylic acids is 1. The summed E-state index contributed by atoms with van der Waals surface area (Å²) in [6.07, 6.45) is 1.62. The summed E-state index contributed by atoms with van der Waals surface area (Å²) in [6, 6.07) is 15.7. The first-order chi connectivity index (χ1) is 15.9. The second kappa shape index (κ2) is 12.0. The summed E-state index contributed by atoms with van der Waals surface area (Å²) in [6.45, 7) is 3.58. The van der Waals surface area contributed by atoms with Gasteiger partial charge in [-0.3, -0.25) is 0 Å². The van der Waals surface area contributed by atoms with Gasteiger partial charge in [-0.2, -0.15) is 4.31 Å². The number of anilines is 1. The Morgan fingerprint density at radius 3 is 2.55 bits per heavy atom. The summed E-state index contributed by atoms with van der Waals surface area (Å²) < 4.78 is 38.6. The minimum atomic E-state index is -3.68. The molecule has 1 saturated heterocycles. The molecule has 2 atom stereocenters. The van der Waals surface area contributed by atoms with Gasteiger partial charge in [0.15, 0.2) is 0 Å². The molecule has 1 aliphatic heterocycles. The van der Waals surface area contributed by atoms with Crippen LogP contribution in [0.3, 0.4) is 0 Å². The molecule has 1 heterocycles. The van der Waals surface area contributed by atoms with Crippen molar-refractivity contribution in [2.75, 3.05) is 32.0 Å². The molecule has 9 heteroatoms. The monoisotopic (exact) mass is 475 g/mol. The summed E-state index contributed by atoms with van der Waals surface area (Å²) >= 11 is 0. The Bertz CT molecular complexity index is 977. The first-order valence-corrected chi connectivity index (χ1v) is 12.8. The van der Waals surface area contributed by atoms with Gasteiger partial charge in [-0.15, -0.1) is 0 Å². The molecule has 180 valence electrons. The minimum absolute atomic E-state index is 0.207. The standard InChI is InChI=1S/C24H33N3O5S/c1-2-14-27(33(29,30)23-10-8-20(25)9-11-23)15-12-21(17-19-6-4-3-5-7-19)26-24(28)32-22-13-16-31-18-22/h3-11,21-22H,2,12-18,25H2,1H3,(H,26,28)/t21-,22+/m1/s1. The lowest BCUT2D eigenvalue weighted by molar-refractivity contribution is 0.0804. The van der Waals surface area contributed by atoms with Gasteiger partial charge in [-0.05, 0) is 49.1 Å². The Morgan fingerprint density at radius 1 is 1.18 bits per heavy atom. The lowest BCUT2D eigenvalue weighted by Gasteiger charge is -2.25. The second-order valence-corrected chi connectivity index (χ2v) is 10.1. The predicted molar refractivity (Wildman–Crippen MR) is 127 cm³/mol. The lowest BCUT2D eigenvalue weighted by atomic mass is 10.0. The zero-order chi connectivity index (χ0) is 23.7. The fourth-order valence-electron chi connectivity index (χ4n) is 3.77. The molecule has 1 aliphatic rings. The Kier molecular flexibility index (Phi) is 9.11. The van der Waals surface area contributed by atoms with Crippen LogP contribution in [-0.2, 0) is 25.9 Å². The Morgan fingerprint density at radius 2 is 1.91 bits per heavy atom. The van der Waals surface area contributed by atoms with Crippen molar-refractivity contribution < 1.29 is 22.7 Å². The third-order valence-electron chi connectivity index (χ3n) is 5.53. The second-order valence-electron chi connectivity index (χ2n) is 8.18. The molecular weight excluding hydrogens is 442 g/mol. The molecule has 1 amide bonds. The maximum Gasteiger partial charge on any atom is 0.407 e. The van der Waals surface area contributed by atoms with E-state index in [4.69, 9.17) is 15.2 Å². The first-order valence-electron chi connectivity index (χ1n) is 11.3. The summed E-state index contributed by atoms with van der Waals surface area (Å²) in [7, 11) is -3.68. The number of hydrogen-bond donors (Lipinski definition) is 2. The van der Waals surface area contributed by atoms with Gasteiger partial charge >= 0.3 is 6.09 Å². The maximum absolute atomic E-state index is 13.2. The Hall–Kier alpha value is -2.62. The highest BCUT2D eigenvalue weighted by atomic mass is 32.2. The summed E-state index contributed by atoms with van der Waals surface area (Å²) in [4.78, 5) is 12.7. The normalized spacial score (nSPS) is 17.1. The van der Waals surface area contributed by atoms with Gasteiger partial charge in [0, 0.05) is 31.2 Å². The van der Waals surface area contributed by atoms with E-state index < -0.39 is 16.1 Å². The maximum atomic E-state index is 13.2. The number of nitrogens with zero attached hydrogens (tertiary/aromatic N) is 1. The van der Waals surface area contributed by atoms with E-state index in [1.807, 2.05) is 37.3 Å². The molecular formula is C24H33N3O5S. The van der Waals surface area contributed by atoms with Gasteiger partial charge in [0.05, 0.1) is 18.1 Å². The van der Waals surface area contributed by atoms with E-state index in [1.165, 1.54) is 16.4 Å². The number of amides is 1. The molecule has 0 saturated carbocycles. The molecule has 0 aliphatic carbocycles. The van der Waals surface area contributed by atoms with Crippen LogP contribution in [0.5, 0.6) is 0 Å². The van der Waals surface area contributed by atoms with Crippen LogP contribution >= 0.6 is 0 Å². The van der Waals surface area contributed by atoms with E-state index in [9.17, 15) is 13.2 Å². The predicted octanol–water partition coefficient (Wildman–Crippen LogP) is 3.19. The molecule has 2 aromatic rings. The summed E-state index contributed by atoms with van der Waals surface area (Å²) in [5.41, 5.74) is 7.27. The van der Waals surface area contributed by atoms with E-state index in [0.717, 1.165) is 5.56 Å². The first kappa shape index (κ1) is 25.0. The third kappa shape index (κ3) is 7.45. The Labute approximate surface area is 196 Å². The van der Waals surface area contributed by atoms with Crippen LogP contribution in [0, 0.1) is 0 Å². The largest absolute Gasteiger partial charge is 0.444 e. The van der Waals surface area contributed by atoms with Gasteiger partial charge in [0.25, 0.3) is 0 Å². The fraction of sp³-hybridized carbons (Fsp3) is 0.458. The number of alkyl carbamates (subject to hydrolysis) is 1. The van der Waals surface area contributed by atoms with Crippen LogP contribution in [0.2, 0.25) is 0 Å². The van der Waals surface area contributed by atoms with Crippen LogP contribution < -0.4 is 11.1 Å². The molecule has 1 fully saturated rings. The SMILES string of the molecule is CCCN(CC[C@H](Cc1ccccc1)NC(=O)O[C@H]1CCOC1)S(=O)(=O)c1ccc(N)cc1. The molecule has 0 unspecified atom stereocenters. The number of nitrogens with one attached hydrogen (secondary N) is 1. The number of rotatable bonds is 11. The average Bonchev–Trinajstić information content (AvgIpc) is 3.30. The number of hydrogen-bond acceptors (Lipinski definition) is 6. The van der Waals surface area contributed by atoms with E-state index in [1.54, 1.807) is 12.1 Å². The van der Waals surface area contributed by atoms with Crippen molar-refractivity contribution in [2.24, 2.45) is 0 Å². The summed E-state index contributed by atoms with van der Waals surface area (Å²) in [5.74, 6) is 0. The van der Waals surface area contributed by atoms with Crippen molar-refractivity contribution in [1.82, 2.24) is 9.62 Å². The van der Waals surface area contributed by atoms with E-state index in [-0.39, 0.29) is 23.6 Å². The lowest BCUT2D eigenvalue weighted by Crippen LogP contribution is -2.42. The van der Waals surface area contributed by atoms with Crippen LogP contribution in [0.1, 0.15) is 31.7 Å². The van der Waals surface area contributed by atoms with Crippen molar-refractivity contribution in [3.05, 3.63) is 60.2 Å². The topological polar surface area (TPSA) is 111 Å². The molecule has 0 spiro atoms. The molecule has 33 heavy (non-hydrogen) atoms. The quantitative estimate of drug-likeness (QED) is 0.483. The zero-order valence-corrected chi connectivity index (χ0v) is 19.8. The number of nitrogens with two attached hydrogens (primary N) is 1. The highest BCUT2D eigenvalue weighted by Crippen LogP contribution is 2.19. The molecule has 3 N–H and O–H groups in total. The molecule has 8 nitrogen and oxygen atoms in total. The Balaban J connectivity index is 1.70. The van der Waals surface area contributed by atoms with Crippen LogP contribution in [0.25, 0.3) is 0 Å². The zero-order valence-electron chi connectivity index (χ0n) is 19.0. The van der Waals surface area contributed by atoms with E-state index >= 15 is 0 Å². The van der Waals surface area contributed by atoms with Gasteiger partial charge in [-0.25, -0.2) is 13.2 Å². The van der Waals surface area contributed by atoms with Crippen molar-refractivity contribution in [2.45, 2.75) is 49.6 Å². The molecule has 0 radical (unpaired) electrons. The average molecular weight is 476 g/mol. The van der Waals surface area contributed by atoms with Gasteiger partial charge < -0.3 is 20.5 Å². The molecule has 0 bridgehead atoms. The molecule has 0 aromatic heterocycles. The number of benzene rings is 2. The number of nitrogen functional groups attached to an aromatic ring is 1. The highest BCUT2D eigenvalue weighted by molar-refractivity contribution is 7.89. The molecule has 2 aromatic carbocycles. The third-order valence-corrected chi connectivity index (χ3v) is 7.44. The smallest absolute Gasteiger partial charge is 0.407 e. The van der Waals surface area contributed by atoms with Crippen LogP contribution in [0.4, 0.5) is 10.5 Å². The van der Waals surface area contributed by atoms with Gasteiger partial charge in [0.1, 0.15) is 6.10 Å². The summed E-state index contributed by atoms with van der Waals surface area (Å²) in [5, 5.41) is 2.93. The highest BCUT2D eigenvalue weighted by Gasteiger charge is 2.26. The van der Waals surface area contributed by atoms with Crippen LogP contribution in [-0.4, -0.2) is 57.3 Å². The molecule has 3 rings (SSSR count). The fourth-order valence-corrected chi connectivity index (χ4v) is 5.32. The van der Waals surface area contributed by atoms with Crippen molar-refractivity contribution in [3.8, 4) is 0 Å².